The normalized spacial score (nSPS) is 11.8. The lowest BCUT2D eigenvalue weighted by Gasteiger charge is -2.18. The van der Waals surface area contributed by atoms with Gasteiger partial charge < -0.3 is 14.9 Å². The van der Waals surface area contributed by atoms with E-state index in [1.54, 1.807) is 17.4 Å². The van der Waals surface area contributed by atoms with Gasteiger partial charge in [0.2, 0.25) is 0 Å². The number of aliphatic carboxylic acids is 1. The third kappa shape index (κ3) is 5.95. The number of carboxylic acids is 1. The molecule has 4 nitrogen and oxygen atoms in total. The van der Waals surface area contributed by atoms with Crippen molar-refractivity contribution in [1.82, 2.24) is 9.80 Å². The standard InChI is InChI=1S/C13H20N2O2S/c1-14(2)8-9-15(3)10-12-5-4-11(18-12)6-7-13(16)17/h4-7H,8-10H2,1-3H3,(H,16,17). The summed E-state index contributed by atoms with van der Waals surface area (Å²) in [4.78, 5) is 17.1. The molecule has 1 rings (SSSR count). The van der Waals surface area contributed by atoms with Crippen molar-refractivity contribution in [2.75, 3.05) is 34.2 Å². The van der Waals surface area contributed by atoms with Crippen molar-refractivity contribution in [1.29, 1.82) is 0 Å². The number of carbonyl (C=O) groups is 1. The Labute approximate surface area is 112 Å². The van der Waals surface area contributed by atoms with E-state index in [2.05, 4.69) is 37.0 Å². The fraction of sp³-hybridized carbons (Fsp3) is 0.462. The van der Waals surface area contributed by atoms with Crippen LogP contribution in [0.1, 0.15) is 9.75 Å². The topological polar surface area (TPSA) is 43.8 Å². The molecule has 0 aromatic carbocycles. The lowest BCUT2D eigenvalue weighted by atomic mass is 10.3. The summed E-state index contributed by atoms with van der Waals surface area (Å²) in [5.74, 6) is -0.909. The Bertz CT molecular complexity index is 413. The van der Waals surface area contributed by atoms with E-state index in [0.717, 1.165) is 24.5 Å². The maximum Gasteiger partial charge on any atom is 0.328 e. The van der Waals surface area contributed by atoms with Gasteiger partial charge in [0.15, 0.2) is 0 Å². The van der Waals surface area contributed by atoms with Gasteiger partial charge in [0, 0.05) is 35.5 Å². The van der Waals surface area contributed by atoms with Crippen LogP contribution in [0.5, 0.6) is 0 Å². The molecule has 1 heterocycles. The third-order valence-corrected chi connectivity index (χ3v) is 3.46. The fourth-order valence-electron chi connectivity index (χ4n) is 1.44. The van der Waals surface area contributed by atoms with Crippen LogP contribution in [0.15, 0.2) is 18.2 Å². The number of hydrogen-bond donors (Lipinski definition) is 1. The van der Waals surface area contributed by atoms with Gasteiger partial charge in [-0.3, -0.25) is 0 Å². The first kappa shape index (κ1) is 14.9. The molecule has 0 aliphatic carbocycles. The molecule has 0 unspecified atom stereocenters. The zero-order valence-electron chi connectivity index (χ0n) is 11.1. The van der Waals surface area contributed by atoms with Gasteiger partial charge in [0.05, 0.1) is 0 Å². The number of hydrogen-bond acceptors (Lipinski definition) is 4. The van der Waals surface area contributed by atoms with Crippen molar-refractivity contribution >= 4 is 23.4 Å². The number of likely N-dealkylation sites (N-methyl/N-ethyl adjacent to an activating group) is 2. The quantitative estimate of drug-likeness (QED) is 0.766. The number of thiophene rings is 1. The number of nitrogens with zero attached hydrogens (tertiary/aromatic N) is 2. The maximum atomic E-state index is 10.4. The van der Waals surface area contributed by atoms with E-state index < -0.39 is 5.97 Å². The Morgan fingerprint density at radius 3 is 2.67 bits per heavy atom. The molecular formula is C13H20N2O2S. The molecule has 0 amide bonds. The van der Waals surface area contributed by atoms with Crippen LogP contribution in [-0.4, -0.2) is 55.1 Å². The molecule has 0 radical (unpaired) electrons. The van der Waals surface area contributed by atoms with Gasteiger partial charge in [0.1, 0.15) is 0 Å². The monoisotopic (exact) mass is 268 g/mol. The predicted molar refractivity (Wildman–Crippen MR) is 75.9 cm³/mol. The summed E-state index contributed by atoms with van der Waals surface area (Å²) in [6.45, 7) is 2.96. The van der Waals surface area contributed by atoms with Gasteiger partial charge in [-0.1, -0.05) is 0 Å². The smallest absolute Gasteiger partial charge is 0.328 e. The van der Waals surface area contributed by atoms with Gasteiger partial charge in [0.25, 0.3) is 0 Å². The zero-order chi connectivity index (χ0) is 13.5. The second-order valence-corrected chi connectivity index (χ2v) is 5.72. The Morgan fingerprint density at radius 1 is 1.33 bits per heavy atom. The molecule has 100 valence electrons. The van der Waals surface area contributed by atoms with E-state index in [1.807, 2.05) is 6.07 Å². The molecule has 1 aromatic heterocycles. The Balaban J connectivity index is 2.45. The second-order valence-electron chi connectivity index (χ2n) is 4.52. The van der Waals surface area contributed by atoms with Crippen molar-refractivity contribution in [3.05, 3.63) is 28.0 Å². The Hall–Kier alpha value is -1.17. The van der Waals surface area contributed by atoms with E-state index in [0.29, 0.717) is 0 Å². The van der Waals surface area contributed by atoms with Gasteiger partial charge in [-0.25, -0.2) is 4.79 Å². The van der Waals surface area contributed by atoms with Crippen LogP contribution in [0.2, 0.25) is 0 Å². The summed E-state index contributed by atoms with van der Waals surface area (Å²) in [5, 5.41) is 8.55. The van der Waals surface area contributed by atoms with E-state index in [1.165, 1.54) is 11.0 Å². The third-order valence-electron chi connectivity index (χ3n) is 2.43. The van der Waals surface area contributed by atoms with Gasteiger partial charge in [-0.05, 0) is 39.4 Å². The van der Waals surface area contributed by atoms with Gasteiger partial charge in [-0.2, -0.15) is 0 Å². The largest absolute Gasteiger partial charge is 0.478 e. The molecule has 18 heavy (non-hydrogen) atoms. The van der Waals surface area contributed by atoms with Crippen molar-refractivity contribution in [3.63, 3.8) is 0 Å². The first-order valence-corrected chi connectivity index (χ1v) is 6.62. The van der Waals surface area contributed by atoms with Crippen LogP contribution < -0.4 is 0 Å². The molecule has 1 aromatic rings. The van der Waals surface area contributed by atoms with Gasteiger partial charge >= 0.3 is 5.97 Å². The Morgan fingerprint density at radius 2 is 2.06 bits per heavy atom. The van der Waals surface area contributed by atoms with Crippen molar-refractivity contribution < 1.29 is 9.90 Å². The molecule has 5 heteroatoms. The van der Waals surface area contributed by atoms with Crippen LogP contribution in [0.3, 0.4) is 0 Å². The molecule has 1 N–H and O–H groups in total. The molecule has 0 saturated heterocycles. The maximum absolute atomic E-state index is 10.4. The van der Waals surface area contributed by atoms with E-state index in [-0.39, 0.29) is 0 Å². The Kier molecular flexibility index (Phi) is 6.04. The first-order valence-electron chi connectivity index (χ1n) is 5.80. The average Bonchev–Trinajstić information content (AvgIpc) is 2.71. The SMILES string of the molecule is CN(C)CCN(C)Cc1ccc(C=CC(=O)O)s1. The second kappa shape index (κ2) is 7.31. The minimum atomic E-state index is -0.909. The summed E-state index contributed by atoms with van der Waals surface area (Å²) in [6.07, 6.45) is 2.81. The highest BCUT2D eigenvalue weighted by Crippen LogP contribution is 2.19. The van der Waals surface area contributed by atoms with Crippen molar-refractivity contribution in [2.24, 2.45) is 0 Å². The van der Waals surface area contributed by atoms with E-state index in [9.17, 15) is 4.79 Å². The van der Waals surface area contributed by atoms with Crippen LogP contribution in [0, 0.1) is 0 Å². The zero-order valence-corrected chi connectivity index (χ0v) is 11.9. The number of rotatable bonds is 7. The molecule has 0 aliphatic heterocycles. The van der Waals surface area contributed by atoms with E-state index >= 15 is 0 Å². The highest BCUT2D eigenvalue weighted by Gasteiger charge is 2.03. The average molecular weight is 268 g/mol. The summed E-state index contributed by atoms with van der Waals surface area (Å²) in [7, 11) is 6.22. The highest BCUT2D eigenvalue weighted by molar-refractivity contribution is 7.12. The predicted octanol–water partition coefficient (Wildman–Crippen LogP) is 1.84. The fourth-order valence-corrected chi connectivity index (χ4v) is 2.43. The molecule has 0 saturated carbocycles. The summed E-state index contributed by atoms with van der Waals surface area (Å²) in [5.41, 5.74) is 0. The molecule has 0 atom stereocenters. The lowest BCUT2D eigenvalue weighted by Crippen LogP contribution is -2.27. The molecule has 0 aliphatic rings. The highest BCUT2D eigenvalue weighted by atomic mass is 32.1. The lowest BCUT2D eigenvalue weighted by molar-refractivity contribution is -0.131. The minimum absolute atomic E-state index is 0.902. The first-order chi connectivity index (χ1) is 8.47. The molecule has 0 spiro atoms. The van der Waals surface area contributed by atoms with Crippen LogP contribution in [0.4, 0.5) is 0 Å². The van der Waals surface area contributed by atoms with Crippen LogP contribution >= 0.6 is 11.3 Å². The van der Waals surface area contributed by atoms with Gasteiger partial charge in [-0.15, -0.1) is 11.3 Å². The molecule has 0 fully saturated rings. The summed E-state index contributed by atoms with van der Waals surface area (Å²) < 4.78 is 0. The van der Waals surface area contributed by atoms with Crippen LogP contribution in [0.25, 0.3) is 6.08 Å². The summed E-state index contributed by atoms with van der Waals surface area (Å²) >= 11 is 1.63. The summed E-state index contributed by atoms with van der Waals surface area (Å²) in [6, 6.07) is 4.01. The molecular weight excluding hydrogens is 248 g/mol. The van der Waals surface area contributed by atoms with Crippen molar-refractivity contribution in [2.45, 2.75) is 6.54 Å². The molecule has 0 bridgehead atoms. The minimum Gasteiger partial charge on any atom is -0.478 e. The van der Waals surface area contributed by atoms with Crippen LogP contribution in [-0.2, 0) is 11.3 Å². The van der Waals surface area contributed by atoms with E-state index in [4.69, 9.17) is 5.11 Å². The van der Waals surface area contributed by atoms with Crippen molar-refractivity contribution in [3.8, 4) is 0 Å². The number of carboxylic acid groups (broad SMARTS) is 1.